The zero-order chi connectivity index (χ0) is 13.9. The maximum Gasteiger partial charge on any atom is 0.0820 e. The third-order valence-corrected chi connectivity index (χ3v) is 3.51. The van der Waals surface area contributed by atoms with Crippen LogP contribution in [0.4, 0.5) is 0 Å². The molecule has 3 nitrogen and oxygen atoms in total. The molecule has 1 atom stereocenters. The van der Waals surface area contributed by atoms with Gasteiger partial charge in [0, 0.05) is 24.4 Å². The van der Waals surface area contributed by atoms with Gasteiger partial charge in [-0.15, -0.1) is 0 Å². The van der Waals surface area contributed by atoms with Gasteiger partial charge in [-0.2, -0.15) is 0 Å². The van der Waals surface area contributed by atoms with Crippen LogP contribution >= 0.6 is 0 Å². The first-order valence-corrected chi connectivity index (χ1v) is 6.74. The summed E-state index contributed by atoms with van der Waals surface area (Å²) in [6.07, 6.45) is 3.84. The average molecular weight is 258 g/mol. The van der Waals surface area contributed by atoms with Crippen LogP contribution in [-0.2, 0) is 4.74 Å². The monoisotopic (exact) mass is 258 g/mol. The summed E-state index contributed by atoms with van der Waals surface area (Å²) in [7, 11) is 1.97. The van der Waals surface area contributed by atoms with E-state index in [1.54, 1.807) is 0 Å². The van der Waals surface area contributed by atoms with Gasteiger partial charge in [0.2, 0.25) is 0 Å². The van der Waals surface area contributed by atoms with Gasteiger partial charge in [-0.25, -0.2) is 0 Å². The van der Waals surface area contributed by atoms with Crippen molar-refractivity contribution < 1.29 is 4.74 Å². The maximum atomic E-state index is 5.90. The minimum atomic E-state index is -0.282. The molecule has 0 aliphatic heterocycles. The van der Waals surface area contributed by atoms with Gasteiger partial charge >= 0.3 is 0 Å². The SMILES string of the molecule is CCOC(C)(C)C(NC)c1cncc2ccccc12. The second-order valence-corrected chi connectivity index (χ2v) is 5.21. The van der Waals surface area contributed by atoms with E-state index in [2.05, 4.69) is 42.3 Å². The molecule has 1 N–H and O–H groups in total. The van der Waals surface area contributed by atoms with Crippen molar-refractivity contribution in [2.45, 2.75) is 32.4 Å². The van der Waals surface area contributed by atoms with Crippen molar-refractivity contribution in [1.82, 2.24) is 10.3 Å². The highest BCUT2D eigenvalue weighted by Crippen LogP contribution is 2.32. The second kappa shape index (κ2) is 5.68. The van der Waals surface area contributed by atoms with E-state index in [1.165, 1.54) is 10.9 Å². The largest absolute Gasteiger partial charge is 0.374 e. The Morgan fingerprint density at radius 1 is 1.26 bits per heavy atom. The molecular weight excluding hydrogens is 236 g/mol. The minimum absolute atomic E-state index is 0.103. The fourth-order valence-electron chi connectivity index (χ4n) is 2.70. The Bertz CT molecular complexity index is 546. The molecule has 102 valence electrons. The molecule has 2 rings (SSSR count). The van der Waals surface area contributed by atoms with Gasteiger partial charge in [0.25, 0.3) is 0 Å². The summed E-state index contributed by atoms with van der Waals surface area (Å²) in [6, 6.07) is 8.43. The number of nitrogens with one attached hydrogen (secondary N) is 1. The van der Waals surface area contributed by atoms with Gasteiger partial charge in [-0.05, 0) is 38.8 Å². The van der Waals surface area contributed by atoms with E-state index < -0.39 is 0 Å². The van der Waals surface area contributed by atoms with Crippen molar-refractivity contribution in [3.05, 3.63) is 42.2 Å². The Labute approximate surface area is 115 Å². The fourth-order valence-corrected chi connectivity index (χ4v) is 2.70. The Hall–Kier alpha value is -1.45. The molecule has 2 aromatic rings. The zero-order valence-electron chi connectivity index (χ0n) is 12.1. The predicted molar refractivity (Wildman–Crippen MR) is 79.2 cm³/mol. The smallest absolute Gasteiger partial charge is 0.0820 e. The number of hydrogen-bond acceptors (Lipinski definition) is 3. The molecular formula is C16H22N2O. The number of ether oxygens (including phenoxy) is 1. The maximum absolute atomic E-state index is 5.90. The second-order valence-electron chi connectivity index (χ2n) is 5.21. The first kappa shape index (κ1) is 14.0. The normalized spacial score (nSPS) is 13.7. The summed E-state index contributed by atoms with van der Waals surface area (Å²) in [5.41, 5.74) is 0.897. The van der Waals surface area contributed by atoms with Gasteiger partial charge in [-0.1, -0.05) is 24.3 Å². The summed E-state index contributed by atoms with van der Waals surface area (Å²) in [4.78, 5) is 4.36. The zero-order valence-corrected chi connectivity index (χ0v) is 12.1. The van der Waals surface area contributed by atoms with Crippen molar-refractivity contribution in [2.75, 3.05) is 13.7 Å². The minimum Gasteiger partial charge on any atom is -0.374 e. The Morgan fingerprint density at radius 2 is 2.00 bits per heavy atom. The molecule has 1 unspecified atom stereocenters. The van der Waals surface area contributed by atoms with Crippen LogP contribution in [0.3, 0.4) is 0 Å². The van der Waals surface area contributed by atoms with Crippen LogP contribution in [0.15, 0.2) is 36.7 Å². The van der Waals surface area contributed by atoms with Crippen molar-refractivity contribution in [2.24, 2.45) is 0 Å². The predicted octanol–water partition coefficient (Wildman–Crippen LogP) is 3.31. The third-order valence-electron chi connectivity index (χ3n) is 3.51. The number of likely N-dealkylation sites (N-methyl/N-ethyl adjacent to an activating group) is 1. The van der Waals surface area contributed by atoms with Crippen molar-refractivity contribution >= 4 is 10.8 Å². The van der Waals surface area contributed by atoms with E-state index in [0.29, 0.717) is 6.61 Å². The van der Waals surface area contributed by atoms with Gasteiger partial charge < -0.3 is 10.1 Å². The molecule has 0 spiro atoms. The highest BCUT2D eigenvalue weighted by Gasteiger charge is 2.31. The molecule has 0 aliphatic carbocycles. The van der Waals surface area contributed by atoms with E-state index in [9.17, 15) is 0 Å². The molecule has 19 heavy (non-hydrogen) atoms. The van der Waals surface area contributed by atoms with Crippen LogP contribution in [-0.4, -0.2) is 24.2 Å². The Morgan fingerprint density at radius 3 is 2.68 bits per heavy atom. The van der Waals surface area contributed by atoms with Crippen molar-refractivity contribution in [3.8, 4) is 0 Å². The van der Waals surface area contributed by atoms with Crippen molar-refractivity contribution in [3.63, 3.8) is 0 Å². The number of aromatic nitrogens is 1. The Balaban J connectivity index is 2.52. The summed E-state index contributed by atoms with van der Waals surface area (Å²) in [5.74, 6) is 0. The molecule has 0 amide bonds. The lowest BCUT2D eigenvalue weighted by Crippen LogP contribution is -2.40. The summed E-state index contributed by atoms with van der Waals surface area (Å²) in [6.45, 7) is 6.94. The number of fused-ring (bicyclic) bond motifs is 1. The molecule has 0 saturated carbocycles. The van der Waals surface area contributed by atoms with E-state index in [0.717, 1.165) is 5.39 Å². The molecule has 0 saturated heterocycles. The quantitative estimate of drug-likeness (QED) is 0.893. The molecule has 0 bridgehead atoms. The van der Waals surface area contributed by atoms with Gasteiger partial charge in [0.1, 0.15) is 0 Å². The van der Waals surface area contributed by atoms with E-state index in [1.807, 2.05) is 32.4 Å². The topological polar surface area (TPSA) is 34.1 Å². The lowest BCUT2D eigenvalue weighted by atomic mass is 9.90. The number of hydrogen-bond donors (Lipinski definition) is 1. The van der Waals surface area contributed by atoms with E-state index in [-0.39, 0.29) is 11.6 Å². The van der Waals surface area contributed by atoms with Crippen LogP contribution in [0.25, 0.3) is 10.8 Å². The van der Waals surface area contributed by atoms with Gasteiger partial charge in [0.05, 0.1) is 11.6 Å². The van der Waals surface area contributed by atoms with Crippen LogP contribution in [0.1, 0.15) is 32.4 Å². The highest BCUT2D eigenvalue weighted by molar-refractivity contribution is 5.85. The molecule has 0 radical (unpaired) electrons. The molecule has 1 aromatic heterocycles. The van der Waals surface area contributed by atoms with Crippen LogP contribution < -0.4 is 5.32 Å². The summed E-state index contributed by atoms with van der Waals surface area (Å²) < 4.78 is 5.90. The number of nitrogens with zero attached hydrogens (tertiary/aromatic N) is 1. The van der Waals surface area contributed by atoms with Crippen LogP contribution in [0, 0.1) is 0 Å². The van der Waals surface area contributed by atoms with Crippen molar-refractivity contribution in [1.29, 1.82) is 0 Å². The summed E-state index contributed by atoms with van der Waals surface area (Å²) in [5, 5.41) is 5.76. The number of rotatable bonds is 5. The molecule has 1 aromatic carbocycles. The van der Waals surface area contributed by atoms with E-state index in [4.69, 9.17) is 4.74 Å². The highest BCUT2D eigenvalue weighted by atomic mass is 16.5. The first-order valence-electron chi connectivity index (χ1n) is 6.74. The number of pyridine rings is 1. The summed E-state index contributed by atoms with van der Waals surface area (Å²) >= 11 is 0. The average Bonchev–Trinajstić information content (AvgIpc) is 2.39. The van der Waals surface area contributed by atoms with E-state index >= 15 is 0 Å². The lowest BCUT2D eigenvalue weighted by Gasteiger charge is -2.34. The van der Waals surface area contributed by atoms with Crippen LogP contribution in [0.5, 0.6) is 0 Å². The Kier molecular flexibility index (Phi) is 4.17. The molecule has 0 aliphatic rings. The number of benzene rings is 1. The van der Waals surface area contributed by atoms with Gasteiger partial charge in [-0.3, -0.25) is 4.98 Å². The third kappa shape index (κ3) is 2.77. The molecule has 1 heterocycles. The molecule has 0 fully saturated rings. The first-order chi connectivity index (χ1) is 9.10. The molecule has 3 heteroatoms. The standard InChI is InChI=1S/C16H22N2O/c1-5-19-16(2,3)15(17-4)14-11-18-10-12-8-6-7-9-13(12)14/h6-11,15,17H,5H2,1-4H3. The fraction of sp³-hybridized carbons (Fsp3) is 0.438. The van der Waals surface area contributed by atoms with Crippen LogP contribution in [0.2, 0.25) is 0 Å². The van der Waals surface area contributed by atoms with Gasteiger partial charge in [0.15, 0.2) is 0 Å². The lowest BCUT2D eigenvalue weighted by molar-refractivity contribution is -0.0372.